The van der Waals surface area contributed by atoms with Gasteiger partial charge in [-0.3, -0.25) is 4.79 Å². The number of carbonyl (C=O) groups excluding carboxylic acids is 1. The zero-order chi connectivity index (χ0) is 22.2. The van der Waals surface area contributed by atoms with Gasteiger partial charge in [0.05, 0.1) is 11.6 Å². The maximum absolute atomic E-state index is 14.0. The van der Waals surface area contributed by atoms with E-state index in [1.54, 1.807) is 30.3 Å². The summed E-state index contributed by atoms with van der Waals surface area (Å²) < 4.78 is 15.9. The average molecular weight is 449 g/mol. The zero-order valence-corrected chi connectivity index (χ0v) is 18.1. The Morgan fingerprint density at radius 2 is 1.91 bits per heavy atom. The molecule has 1 aliphatic heterocycles. The van der Waals surface area contributed by atoms with Crippen molar-refractivity contribution in [1.29, 1.82) is 0 Å². The minimum Gasteiger partial charge on any atom is -0.508 e. The minimum atomic E-state index is -0.412. The normalized spacial score (nSPS) is 15.7. The number of rotatable bonds is 4. The summed E-state index contributed by atoms with van der Waals surface area (Å²) >= 11 is 6.24. The van der Waals surface area contributed by atoms with Crippen LogP contribution in [0.1, 0.15) is 29.2 Å². The molecule has 4 nitrogen and oxygen atoms in total. The summed E-state index contributed by atoms with van der Waals surface area (Å²) in [6.07, 6.45) is 2.82. The first-order chi connectivity index (χ1) is 15.5. The molecule has 6 heteroatoms. The van der Waals surface area contributed by atoms with Crippen LogP contribution in [0.3, 0.4) is 0 Å². The Bertz CT molecular complexity index is 1320. The first-order valence-electron chi connectivity index (χ1n) is 10.6. The van der Waals surface area contributed by atoms with E-state index in [0.29, 0.717) is 29.1 Å². The van der Waals surface area contributed by atoms with E-state index in [2.05, 4.69) is 6.07 Å². The Balaban J connectivity index is 1.46. The summed E-state index contributed by atoms with van der Waals surface area (Å²) in [5, 5.41) is 11.7. The monoisotopic (exact) mass is 448 g/mol. The van der Waals surface area contributed by atoms with E-state index in [9.17, 15) is 14.3 Å². The average Bonchev–Trinajstić information content (AvgIpc) is 3.23. The number of aryl methyl sites for hydroxylation is 1. The van der Waals surface area contributed by atoms with Crippen molar-refractivity contribution in [3.8, 4) is 5.75 Å². The van der Waals surface area contributed by atoms with Crippen LogP contribution in [0.5, 0.6) is 5.75 Å². The van der Waals surface area contributed by atoms with Crippen molar-refractivity contribution < 1.29 is 14.3 Å². The first-order valence-corrected chi connectivity index (χ1v) is 11.0. The van der Waals surface area contributed by atoms with E-state index in [4.69, 9.17) is 11.6 Å². The molecule has 0 fully saturated rings. The molecule has 1 N–H and O–H groups in total. The van der Waals surface area contributed by atoms with Crippen molar-refractivity contribution in [2.45, 2.75) is 25.4 Å². The van der Waals surface area contributed by atoms with Crippen LogP contribution in [-0.4, -0.2) is 27.0 Å². The second-order valence-electron chi connectivity index (χ2n) is 8.07. The van der Waals surface area contributed by atoms with Gasteiger partial charge < -0.3 is 14.6 Å². The molecule has 1 unspecified atom stereocenters. The van der Waals surface area contributed by atoms with Gasteiger partial charge in [0.15, 0.2) is 0 Å². The van der Waals surface area contributed by atoms with Crippen LogP contribution in [-0.2, 0) is 17.8 Å². The summed E-state index contributed by atoms with van der Waals surface area (Å²) in [6.45, 7) is 0.992. The van der Waals surface area contributed by atoms with Crippen molar-refractivity contribution in [3.63, 3.8) is 0 Å². The van der Waals surface area contributed by atoms with Crippen LogP contribution < -0.4 is 0 Å². The van der Waals surface area contributed by atoms with Crippen molar-refractivity contribution in [2.24, 2.45) is 0 Å². The van der Waals surface area contributed by atoms with Gasteiger partial charge in [0, 0.05) is 41.7 Å². The Hall–Kier alpha value is -3.31. The number of fused-ring (bicyclic) bond motifs is 2. The second-order valence-corrected chi connectivity index (χ2v) is 8.51. The summed E-state index contributed by atoms with van der Waals surface area (Å²) in [5.41, 5.74) is 3.54. The van der Waals surface area contributed by atoms with E-state index >= 15 is 0 Å². The fraction of sp³-hybridized carbons (Fsp3) is 0.192. The van der Waals surface area contributed by atoms with Crippen LogP contribution >= 0.6 is 11.6 Å². The molecule has 4 aromatic rings. The highest BCUT2D eigenvalue weighted by Crippen LogP contribution is 2.40. The third-order valence-corrected chi connectivity index (χ3v) is 6.45. The lowest BCUT2D eigenvalue weighted by Gasteiger charge is -2.38. The van der Waals surface area contributed by atoms with Gasteiger partial charge in [-0.05, 0) is 53.9 Å². The van der Waals surface area contributed by atoms with Gasteiger partial charge in [0.2, 0.25) is 5.91 Å². The number of carbonyl (C=O) groups is 1. The molecular formula is C26H22ClFN2O2. The Labute approximate surface area is 190 Å². The van der Waals surface area contributed by atoms with Crippen LogP contribution in [0, 0.1) is 5.82 Å². The smallest absolute Gasteiger partial charge is 0.225 e. The molecule has 2 heterocycles. The van der Waals surface area contributed by atoms with Crippen LogP contribution in [0.2, 0.25) is 5.02 Å². The number of halogens is 2. The predicted octanol–water partition coefficient (Wildman–Crippen LogP) is 5.70. The lowest BCUT2D eigenvalue weighted by atomic mass is 9.87. The van der Waals surface area contributed by atoms with E-state index in [-0.39, 0.29) is 23.9 Å². The number of phenols is 1. The Kier molecular flexibility index (Phi) is 5.35. The molecule has 3 aromatic carbocycles. The maximum atomic E-state index is 14.0. The number of aromatic nitrogens is 1. The number of nitrogens with zero attached hydrogens (tertiary/aromatic N) is 2. The topological polar surface area (TPSA) is 45.5 Å². The summed E-state index contributed by atoms with van der Waals surface area (Å²) in [5.74, 6) is -0.181. The molecule has 162 valence electrons. The number of phenolic OH excluding ortho intramolecular Hbond substituents is 1. The van der Waals surface area contributed by atoms with E-state index in [1.807, 2.05) is 39.9 Å². The van der Waals surface area contributed by atoms with Crippen LogP contribution in [0.15, 0.2) is 72.9 Å². The minimum absolute atomic E-state index is 0.0258. The number of benzene rings is 3. The lowest BCUT2D eigenvalue weighted by Crippen LogP contribution is -2.41. The molecule has 0 radical (unpaired) electrons. The highest BCUT2D eigenvalue weighted by molar-refractivity contribution is 6.30. The molecule has 0 saturated heterocycles. The van der Waals surface area contributed by atoms with Crippen LogP contribution in [0.25, 0.3) is 10.9 Å². The van der Waals surface area contributed by atoms with Crippen molar-refractivity contribution in [1.82, 2.24) is 9.47 Å². The SMILES string of the molecule is O=C(CCn1ccc2c(F)cccc21)N1CCc2ccccc2C1c1cc(Cl)ccc1O. The standard InChI is InChI=1S/C26H22ClFN2O2/c27-18-8-9-24(31)21(16-18)26-19-5-2-1-4-17(19)10-15-30(26)25(32)12-14-29-13-11-20-22(28)6-3-7-23(20)29/h1-9,11,13,16,26,31H,10,12,14-15H2. The van der Waals surface area contributed by atoms with Crippen molar-refractivity contribution in [3.05, 3.63) is 100 Å². The van der Waals surface area contributed by atoms with E-state index in [0.717, 1.165) is 23.1 Å². The zero-order valence-electron chi connectivity index (χ0n) is 17.3. The highest BCUT2D eigenvalue weighted by Gasteiger charge is 2.33. The molecule has 0 bridgehead atoms. The van der Waals surface area contributed by atoms with Crippen molar-refractivity contribution in [2.75, 3.05) is 6.54 Å². The second kappa shape index (κ2) is 8.32. The lowest BCUT2D eigenvalue weighted by molar-refractivity contribution is -0.133. The molecule has 0 saturated carbocycles. The van der Waals surface area contributed by atoms with Gasteiger partial charge in [-0.1, -0.05) is 41.9 Å². The number of aromatic hydroxyl groups is 1. The number of amides is 1. The summed E-state index contributed by atoms with van der Waals surface area (Å²) in [7, 11) is 0. The summed E-state index contributed by atoms with van der Waals surface area (Å²) in [4.78, 5) is 15.2. The largest absolute Gasteiger partial charge is 0.508 e. The number of hydrogen-bond donors (Lipinski definition) is 1. The van der Waals surface area contributed by atoms with Gasteiger partial charge >= 0.3 is 0 Å². The van der Waals surface area contributed by atoms with E-state index < -0.39 is 6.04 Å². The fourth-order valence-corrected chi connectivity index (χ4v) is 4.84. The first kappa shape index (κ1) is 20.6. The maximum Gasteiger partial charge on any atom is 0.225 e. The number of hydrogen-bond acceptors (Lipinski definition) is 2. The molecule has 1 aromatic heterocycles. The van der Waals surface area contributed by atoms with Gasteiger partial charge in [0.1, 0.15) is 11.6 Å². The van der Waals surface area contributed by atoms with Crippen molar-refractivity contribution >= 4 is 28.4 Å². The van der Waals surface area contributed by atoms with Gasteiger partial charge in [-0.15, -0.1) is 0 Å². The third-order valence-electron chi connectivity index (χ3n) is 6.21. The highest BCUT2D eigenvalue weighted by atomic mass is 35.5. The van der Waals surface area contributed by atoms with E-state index in [1.165, 1.54) is 6.07 Å². The van der Waals surface area contributed by atoms with Crippen LogP contribution in [0.4, 0.5) is 4.39 Å². The molecule has 5 rings (SSSR count). The molecule has 0 spiro atoms. The molecule has 1 atom stereocenters. The molecule has 1 amide bonds. The third kappa shape index (κ3) is 3.63. The quantitative estimate of drug-likeness (QED) is 0.435. The fourth-order valence-electron chi connectivity index (χ4n) is 4.66. The molecular weight excluding hydrogens is 427 g/mol. The predicted molar refractivity (Wildman–Crippen MR) is 123 cm³/mol. The Morgan fingerprint density at radius 3 is 2.78 bits per heavy atom. The molecule has 32 heavy (non-hydrogen) atoms. The summed E-state index contributed by atoms with van der Waals surface area (Å²) in [6, 6.07) is 19.2. The van der Waals surface area contributed by atoms with Gasteiger partial charge in [-0.2, -0.15) is 0 Å². The molecule has 1 aliphatic rings. The van der Waals surface area contributed by atoms with Gasteiger partial charge in [-0.25, -0.2) is 4.39 Å². The Morgan fingerprint density at radius 1 is 1.06 bits per heavy atom. The molecule has 0 aliphatic carbocycles. The van der Waals surface area contributed by atoms with Gasteiger partial charge in [0.25, 0.3) is 0 Å².